The molecular weight excluding hydrogens is 290 g/mol. The van der Waals surface area contributed by atoms with Crippen molar-refractivity contribution in [2.75, 3.05) is 19.6 Å². The quantitative estimate of drug-likeness (QED) is 0.784. The minimum atomic E-state index is -0.344. The van der Waals surface area contributed by atoms with E-state index in [0.717, 1.165) is 19.6 Å². The summed E-state index contributed by atoms with van der Waals surface area (Å²) in [5.41, 5.74) is 0.463. The number of hydrogen-bond donors (Lipinski definition) is 1. The SMILES string of the molecule is CCN(CC)CC(C)C(C)OC(=O)c1ccc(O)cc1.Cl. The third-order valence-corrected chi connectivity index (χ3v) is 3.64. The molecule has 0 heterocycles. The molecule has 1 aromatic carbocycles. The molecule has 4 nitrogen and oxygen atoms in total. The molecule has 0 saturated carbocycles. The Morgan fingerprint density at radius 1 is 1.19 bits per heavy atom. The lowest BCUT2D eigenvalue weighted by Crippen LogP contribution is -2.34. The minimum Gasteiger partial charge on any atom is -0.508 e. The highest BCUT2D eigenvalue weighted by molar-refractivity contribution is 5.89. The maximum atomic E-state index is 12.0. The Hall–Kier alpha value is -1.26. The Labute approximate surface area is 133 Å². The van der Waals surface area contributed by atoms with Crippen LogP contribution < -0.4 is 0 Å². The summed E-state index contributed by atoms with van der Waals surface area (Å²) in [5, 5.41) is 9.20. The van der Waals surface area contributed by atoms with E-state index in [4.69, 9.17) is 4.74 Å². The molecule has 1 N–H and O–H groups in total. The van der Waals surface area contributed by atoms with Gasteiger partial charge in [-0.3, -0.25) is 0 Å². The number of phenolic OH excluding ortho intramolecular Hbond substituents is 1. The van der Waals surface area contributed by atoms with E-state index in [0.29, 0.717) is 5.56 Å². The number of carbonyl (C=O) groups is 1. The van der Waals surface area contributed by atoms with Crippen molar-refractivity contribution in [3.05, 3.63) is 29.8 Å². The van der Waals surface area contributed by atoms with Gasteiger partial charge >= 0.3 is 5.97 Å². The van der Waals surface area contributed by atoms with Crippen LogP contribution in [0.15, 0.2) is 24.3 Å². The number of rotatable bonds is 7. The fourth-order valence-electron chi connectivity index (χ4n) is 1.99. The molecule has 120 valence electrons. The van der Waals surface area contributed by atoms with E-state index in [1.165, 1.54) is 12.1 Å². The Morgan fingerprint density at radius 3 is 2.19 bits per heavy atom. The van der Waals surface area contributed by atoms with Gasteiger partial charge < -0.3 is 14.7 Å². The molecule has 0 saturated heterocycles. The first-order valence-electron chi connectivity index (χ1n) is 7.20. The number of esters is 1. The number of hydrogen-bond acceptors (Lipinski definition) is 4. The average molecular weight is 316 g/mol. The van der Waals surface area contributed by atoms with Crippen molar-refractivity contribution >= 4 is 18.4 Å². The fraction of sp³-hybridized carbons (Fsp3) is 0.562. The van der Waals surface area contributed by atoms with Crippen LogP contribution in [0.4, 0.5) is 0 Å². The Balaban J connectivity index is 0.00000400. The van der Waals surface area contributed by atoms with Crippen molar-refractivity contribution < 1.29 is 14.6 Å². The first-order valence-corrected chi connectivity index (χ1v) is 7.20. The highest BCUT2D eigenvalue weighted by Gasteiger charge is 2.19. The zero-order valence-electron chi connectivity index (χ0n) is 13.2. The number of ether oxygens (including phenoxy) is 1. The second-order valence-corrected chi connectivity index (χ2v) is 5.12. The van der Waals surface area contributed by atoms with E-state index in [2.05, 4.69) is 25.7 Å². The van der Waals surface area contributed by atoms with Crippen molar-refractivity contribution in [2.45, 2.75) is 33.8 Å². The van der Waals surface area contributed by atoms with Crippen LogP contribution in [0.25, 0.3) is 0 Å². The summed E-state index contributed by atoms with van der Waals surface area (Å²) < 4.78 is 5.48. The second kappa shape index (κ2) is 9.64. The van der Waals surface area contributed by atoms with Gasteiger partial charge in [0, 0.05) is 12.5 Å². The summed E-state index contributed by atoms with van der Waals surface area (Å²) in [7, 11) is 0. The van der Waals surface area contributed by atoms with Crippen LogP contribution in [0.1, 0.15) is 38.1 Å². The molecule has 0 spiro atoms. The van der Waals surface area contributed by atoms with E-state index in [1.54, 1.807) is 12.1 Å². The highest BCUT2D eigenvalue weighted by Crippen LogP contribution is 2.14. The maximum Gasteiger partial charge on any atom is 0.338 e. The molecule has 5 heteroatoms. The molecule has 0 bridgehead atoms. The Kier molecular flexibility index (Phi) is 9.06. The molecule has 0 fully saturated rings. The maximum absolute atomic E-state index is 12.0. The van der Waals surface area contributed by atoms with Gasteiger partial charge in [0.1, 0.15) is 11.9 Å². The molecule has 0 aliphatic carbocycles. The van der Waals surface area contributed by atoms with Crippen molar-refractivity contribution in [2.24, 2.45) is 5.92 Å². The predicted octanol–water partition coefficient (Wildman–Crippen LogP) is 3.34. The second-order valence-electron chi connectivity index (χ2n) is 5.12. The van der Waals surface area contributed by atoms with Crippen LogP contribution in [0.2, 0.25) is 0 Å². The van der Waals surface area contributed by atoms with Gasteiger partial charge in [0.2, 0.25) is 0 Å². The third kappa shape index (κ3) is 6.36. The van der Waals surface area contributed by atoms with Gasteiger partial charge in [-0.2, -0.15) is 0 Å². The summed E-state index contributed by atoms with van der Waals surface area (Å²) in [6, 6.07) is 6.11. The molecule has 0 amide bonds. The van der Waals surface area contributed by atoms with Crippen LogP contribution in [-0.4, -0.2) is 41.7 Å². The Morgan fingerprint density at radius 2 is 1.71 bits per heavy atom. The van der Waals surface area contributed by atoms with Gasteiger partial charge in [-0.25, -0.2) is 4.79 Å². The van der Waals surface area contributed by atoms with E-state index in [9.17, 15) is 9.90 Å². The molecule has 1 aromatic rings. The van der Waals surface area contributed by atoms with Crippen LogP contribution in [0.3, 0.4) is 0 Å². The summed E-state index contributed by atoms with van der Waals surface area (Å²) in [4.78, 5) is 14.3. The third-order valence-electron chi connectivity index (χ3n) is 3.64. The fourth-order valence-corrected chi connectivity index (χ4v) is 1.99. The molecule has 2 unspecified atom stereocenters. The van der Waals surface area contributed by atoms with Crippen molar-refractivity contribution in [3.8, 4) is 5.75 Å². The molecule has 0 aromatic heterocycles. The van der Waals surface area contributed by atoms with Crippen molar-refractivity contribution in [1.82, 2.24) is 4.90 Å². The lowest BCUT2D eigenvalue weighted by molar-refractivity contribution is 0.0172. The minimum absolute atomic E-state index is 0. The van der Waals surface area contributed by atoms with Gasteiger partial charge in [-0.05, 0) is 44.3 Å². The smallest absolute Gasteiger partial charge is 0.338 e. The van der Waals surface area contributed by atoms with Crippen LogP contribution in [0, 0.1) is 5.92 Å². The summed E-state index contributed by atoms with van der Waals surface area (Å²) in [6.45, 7) is 11.2. The zero-order chi connectivity index (χ0) is 15.1. The van der Waals surface area contributed by atoms with E-state index in [-0.39, 0.29) is 36.1 Å². The van der Waals surface area contributed by atoms with Gasteiger partial charge in [-0.1, -0.05) is 20.8 Å². The van der Waals surface area contributed by atoms with Gasteiger partial charge in [0.05, 0.1) is 5.56 Å². The normalized spacial score (nSPS) is 13.4. The lowest BCUT2D eigenvalue weighted by Gasteiger charge is -2.26. The molecule has 0 radical (unpaired) electrons. The Bertz CT molecular complexity index is 418. The highest BCUT2D eigenvalue weighted by atomic mass is 35.5. The number of halogens is 1. The van der Waals surface area contributed by atoms with Gasteiger partial charge in [-0.15, -0.1) is 12.4 Å². The molecular formula is C16H26ClNO3. The van der Waals surface area contributed by atoms with E-state index >= 15 is 0 Å². The molecule has 2 atom stereocenters. The summed E-state index contributed by atoms with van der Waals surface area (Å²) >= 11 is 0. The number of phenols is 1. The van der Waals surface area contributed by atoms with Crippen molar-refractivity contribution in [3.63, 3.8) is 0 Å². The first-order chi connectivity index (χ1) is 9.47. The largest absolute Gasteiger partial charge is 0.508 e. The molecule has 21 heavy (non-hydrogen) atoms. The van der Waals surface area contributed by atoms with Crippen LogP contribution in [-0.2, 0) is 4.74 Å². The number of aromatic hydroxyl groups is 1. The topological polar surface area (TPSA) is 49.8 Å². The lowest BCUT2D eigenvalue weighted by atomic mass is 10.1. The number of carbonyl (C=O) groups excluding carboxylic acids is 1. The van der Waals surface area contributed by atoms with Gasteiger partial charge in [0.25, 0.3) is 0 Å². The number of nitrogens with zero attached hydrogens (tertiary/aromatic N) is 1. The van der Waals surface area contributed by atoms with E-state index < -0.39 is 0 Å². The number of benzene rings is 1. The summed E-state index contributed by atoms with van der Waals surface area (Å²) in [5.74, 6) is 0.0735. The average Bonchev–Trinajstić information content (AvgIpc) is 2.44. The van der Waals surface area contributed by atoms with Crippen LogP contribution in [0.5, 0.6) is 5.75 Å². The monoisotopic (exact) mass is 315 g/mol. The molecule has 0 aliphatic heterocycles. The summed E-state index contributed by atoms with van der Waals surface area (Å²) in [6.07, 6.45) is -0.142. The molecule has 1 rings (SSSR count). The first kappa shape index (κ1) is 19.7. The predicted molar refractivity (Wildman–Crippen MR) is 87.2 cm³/mol. The van der Waals surface area contributed by atoms with Gasteiger partial charge in [0.15, 0.2) is 0 Å². The van der Waals surface area contributed by atoms with E-state index in [1.807, 2.05) is 6.92 Å². The van der Waals surface area contributed by atoms with Crippen LogP contribution >= 0.6 is 12.4 Å². The zero-order valence-corrected chi connectivity index (χ0v) is 14.0. The van der Waals surface area contributed by atoms with Crippen molar-refractivity contribution in [1.29, 1.82) is 0 Å². The molecule has 0 aliphatic rings. The standard InChI is InChI=1S/C16H25NO3.ClH/c1-5-17(6-2)11-12(3)13(4)20-16(19)14-7-9-15(18)10-8-14;/h7-10,12-13,18H,5-6,11H2,1-4H3;1H.